The van der Waals surface area contributed by atoms with Gasteiger partial charge in [-0.05, 0) is 50.8 Å². The molecule has 0 spiro atoms. The van der Waals surface area contributed by atoms with Gasteiger partial charge in [-0.15, -0.1) is 0 Å². The SMILES string of the molecule is CCOCCn1c(=NC(=O)C2CCN(S(C)(=O)=O)CC2)sc2c(C)cc(C)cc21. The minimum Gasteiger partial charge on any atom is -0.380 e. The van der Waals surface area contributed by atoms with Crippen molar-refractivity contribution in [3.8, 4) is 0 Å². The number of hydrogen-bond donors (Lipinski definition) is 0. The number of nitrogens with zero attached hydrogens (tertiary/aromatic N) is 3. The summed E-state index contributed by atoms with van der Waals surface area (Å²) in [5.41, 5.74) is 3.42. The van der Waals surface area contributed by atoms with Crippen LogP contribution in [-0.4, -0.2) is 55.8 Å². The number of aromatic nitrogens is 1. The Kier molecular flexibility index (Phi) is 6.93. The van der Waals surface area contributed by atoms with Gasteiger partial charge in [0.05, 0.1) is 23.1 Å². The van der Waals surface area contributed by atoms with Gasteiger partial charge in [-0.25, -0.2) is 12.7 Å². The number of piperidine rings is 1. The summed E-state index contributed by atoms with van der Waals surface area (Å²) in [5, 5.41) is 0. The summed E-state index contributed by atoms with van der Waals surface area (Å²) in [6, 6.07) is 4.26. The van der Waals surface area contributed by atoms with Gasteiger partial charge >= 0.3 is 0 Å². The van der Waals surface area contributed by atoms with E-state index in [1.165, 1.54) is 33.0 Å². The number of amides is 1. The molecule has 29 heavy (non-hydrogen) atoms. The van der Waals surface area contributed by atoms with Gasteiger partial charge in [-0.1, -0.05) is 17.4 Å². The highest BCUT2D eigenvalue weighted by atomic mass is 32.2. The zero-order valence-corrected chi connectivity index (χ0v) is 19.1. The molecule has 0 unspecified atom stereocenters. The Morgan fingerprint density at radius 2 is 1.97 bits per heavy atom. The standard InChI is InChI=1S/C20H29N3O4S2/c1-5-27-11-10-23-17-13-14(2)12-15(3)18(17)28-20(23)21-19(24)16-6-8-22(9-7-16)29(4,25)26/h12-13,16H,5-11H2,1-4H3. The monoisotopic (exact) mass is 439 g/mol. The predicted molar refractivity (Wildman–Crippen MR) is 115 cm³/mol. The lowest BCUT2D eigenvalue weighted by Crippen LogP contribution is -2.39. The lowest BCUT2D eigenvalue weighted by atomic mass is 9.98. The van der Waals surface area contributed by atoms with Gasteiger partial charge in [-0.3, -0.25) is 4.79 Å². The first-order valence-corrected chi connectivity index (χ1v) is 12.6. The van der Waals surface area contributed by atoms with Crippen LogP contribution in [0.1, 0.15) is 30.9 Å². The molecule has 1 amide bonds. The highest BCUT2D eigenvalue weighted by molar-refractivity contribution is 7.88. The van der Waals surface area contributed by atoms with Crippen LogP contribution in [0.15, 0.2) is 17.1 Å². The summed E-state index contributed by atoms with van der Waals surface area (Å²) in [6.45, 7) is 8.69. The van der Waals surface area contributed by atoms with Crippen molar-refractivity contribution in [2.24, 2.45) is 10.9 Å². The van der Waals surface area contributed by atoms with Gasteiger partial charge in [0.1, 0.15) is 0 Å². The van der Waals surface area contributed by atoms with Crippen LogP contribution >= 0.6 is 11.3 Å². The number of fused-ring (bicyclic) bond motifs is 1. The van der Waals surface area contributed by atoms with Crippen LogP contribution in [-0.2, 0) is 26.1 Å². The summed E-state index contributed by atoms with van der Waals surface area (Å²) < 4.78 is 33.5. The highest BCUT2D eigenvalue weighted by Gasteiger charge is 2.29. The second-order valence-electron chi connectivity index (χ2n) is 7.55. The molecule has 7 nitrogen and oxygen atoms in total. The van der Waals surface area contributed by atoms with Gasteiger partial charge < -0.3 is 9.30 Å². The first-order chi connectivity index (χ1) is 13.7. The summed E-state index contributed by atoms with van der Waals surface area (Å²) in [5.74, 6) is -0.398. The number of carbonyl (C=O) groups is 1. The third-order valence-electron chi connectivity index (χ3n) is 5.26. The second-order valence-corrected chi connectivity index (χ2v) is 10.5. The van der Waals surface area contributed by atoms with Crippen LogP contribution in [0.2, 0.25) is 0 Å². The number of rotatable bonds is 6. The largest absolute Gasteiger partial charge is 0.380 e. The van der Waals surface area contributed by atoms with Crippen LogP contribution in [0.5, 0.6) is 0 Å². The molecule has 2 aromatic rings. The van der Waals surface area contributed by atoms with Crippen molar-refractivity contribution in [1.29, 1.82) is 0 Å². The molecule has 1 saturated heterocycles. The molecule has 1 fully saturated rings. The molecule has 160 valence electrons. The van der Waals surface area contributed by atoms with E-state index in [1.54, 1.807) is 0 Å². The summed E-state index contributed by atoms with van der Waals surface area (Å²) >= 11 is 1.53. The van der Waals surface area contributed by atoms with E-state index in [9.17, 15) is 13.2 Å². The number of thiazole rings is 1. The van der Waals surface area contributed by atoms with E-state index in [1.807, 2.05) is 6.92 Å². The molecule has 1 aromatic carbocycles. The fourth-order valence-electron chi connectivity index (χ4n) is 3.73. The van der Waals surface area contributed by atoms with Gasteiger partial charge in [0, 0.05) is 32.2 Å². The van der Waals surface area contributed by atoms with E-state index in [-0.39, 0.29) is 11.8 Å². The number of carbonyl (C=O) groups excluding carboxylic acids is 1. The van der Waals surface area contributed by atoms with Crippen LogP contribution < -0.4 is 4.80 Å². The fourth-order valence-corrected chi connectivity index (χ4v) is 5.72. The Labute approximate surface area is 176 Å². The van der Waals surface area contributed by atoms with E-state index in [0.29, 0.717) is 50.5 Å². The highest BCUT2D eigenvalue weighted by Crippen LogP contribution is 2.24. The van der Waals surface area contributed by atoms with Crippen molar-refractivity contribution in [3.05, 3.63) is 28.1 Å². The number of sulfonamides is 1. The van der Waals surface area contributed by atoms with Gasteiger partial charge in [-0.2, -0.15) is 4.99 Å². The summed E-state index contributed by atoms with van der Waals surface area (Å²) in [7, 11) is -3.20. The molecule has 0 N–H and O–H groups in total. The van der Waals surface area contributed by atoms with Crippen molar-refractivity contribution in [2.45, 2.75) is 40.2 Å². The van der Waals surface area contributed by atoms with Crippen LogP contribution in [0.3, 0.4) is 0 Å². The normalized spacial score (nSPS) is 17.3. The molecule has 0 aliphatic carbocycles. The van der Waals surface area contributed by atoms with E-state index in [2.05, 4.69) is 35.5 Å². The molecule has 2 heterocycles. The Bertz CT molecular complexity index is 1060. The smallest absolute Gasteiger partial charge is 0.251 e. The summed E-state index contributed by atoms with van der Waals surface area (Å²) in [6.07, 6.45) is 2.23. The molecular formula is C20H29N3O4S2. The van der Waals surface area contributed by atoms with Crippen LogP contribution in [0.25, 0.3) is 10.2 Å². The second kappa shape index (κ2) is 9.07. The van der Waals surface area contributed by atoms with Crippen molar-refractivity contribution < 1.29 is 17.9 Å². The maximum atomic E-state index is 12.9. The Morgan fingerprint density at radius 3 is 2.59 bits per heavy atom. The zero-order chi connectivity index (χ0) is 21.2. The quantitative estimate of drug-likeness (QED) is 0.648. The molecule has 3 rings (SSSR count). The Balaban J connectivity index is 1.91. The number of ether oxygens (including phenoxy) is 1. The third-order valence-corrected chi connectivity index (χ3v) is 7.79. The van der Waals surface area contributed by atoms with Crippen molar-refractivity contribution >= 4 is 37.5 Å². The van der Waals surface area contributed by atoms with Crippen molar-refractivity contribution in [2.75, 3.05) is 32.6 Å². The van der Waals surface area contributed by atoms with Crippen LogP contribution in [0, 0.1) is 19.8 Å². The maximum Gasteiger partial charge on any atom is 0.251 e. The topological polar surface area (TPSA) is 81.0 Å². The maximum absolute atomic E-state index is 12.9. The lowest BCUT2D eigenvalue weighted by molar-refractivity contribution is -0.122. The number of aryl methyl sites for hydroxylation is 2. The average molecular weight is 440 g/mol. The lowest BCUT2D eigenvalue weighted by Gasteiger charge is -2.28. The molecule has 1 aliphatic rings. The number of hydrogen-bond acceptors (Lipinski definition) is 5. The molecule has 0 saturated carbocycles. The number of benzene rings is 1. The molecule has 1 aromatic heterocycles. The molecular weight excluding hydrogens is 410 g/mol. The van der Waals surface area contributed by atoms with E-state index < -0.39 is 10.0 Å². The van der Waals surface area contributed by atoms with Crippen molar-refractivity contribution in [3.63, 3.8) is 0 Å². The molecule has 1 aliphatic heterocycles. The third kappa shape index (κ3) is 5.14. The van der Waals surface area contributed by atoms with Gasteiger partial charge in [0.25, 0.3) is 5.91 Å². The van der Waals surface area contributed by atoms with Crippen LogP contribution in [0.4, 0.5) is 0 Å². The van der Waals surface area contributed by atoms with Gasteiger partial charge in [0.2, 0.25) is 10.0 Å². The zero-order valence-electron chi connectivity index (χ0n) is 17.5. The van der Waals surface area contributed by atoms with E-state index in [4.69, 9.17) is 4.74 Å². The Hall–Kier alpha value is -1.55. The molecule has 0 bridgehead atoms. The molecule has 0 atom stereocenters. The molecule has 9 heteroatoms. The Morgan fingerprint density at radius 1 is 1.28 bits per heavy atom. The van der Waals surface area contributed by atoms with E-state index in [0.717, 1.165) is 10.2 Å². The minimum atomic E-state index is -3.20. The van der Waals surface area contributed by atoms with E-state index >= 15 is 0 Å². The molecule has 0 radical (unpaired) electrons. The summed E-state index contributed by atoms with van der Waals surface area (Å²) in [4.78, 5) is 18.0. The van der Waals surface area contributed by atoms with Crippen molar-refractivity contribution in [1.82, 2.24) is 8.87 Å². The fraction of sp³-hybridized carbons (Fsp3) is 0.600. The average Bonchev–Trinajstić information content (AvgIpc) is 2.99. The predicted octanol–water partition coefficient (Wildman–Crippen LogP) is 2.46. The minimum absolute atomic E-state index is 0.163. The first kappa shape index (κ1) is 22.1. The first-order valence-electron chi connectivity index (χ1n) is 9.92. The van der Waals surface area contributed by atoms with Gasteiger partial charge in [0.15, 0.2) is 4.80 Å².